The zero-order valence-electron chi connectivity index (χ0n) is 17.6. The van der Waals surface area contributed by atoms with Crippen LogP contribution in [0.25, 0.3) is 0 Å². The largest absolute Gasteiger partial charge is 0.424 e. The molecule has 1 N–H and O–H groups in total. The summed E-state index contributed by atoms with van der Waals surface area (Å²) in [5.74, 6) is 0. The predicted octanol–water partition coefficient (Wildman–Crippen LogP) is 6.32. The number of hydrogen-bond donors (Lipinski definition) is 1. The maximum absolute atomic E-state index is 12.7. The van der Waals surface area contributed by atoms with Gasteiger partial charge in [0.25, 0.3) is 0 Å². The molecule has 0 saturated heterocycles. The van der Waals surface area contributed by atoms with E-state index in [-0.39, 0.29) is 0 Å². The third-order valence-electron chi connectivity index (χ3n) is 4.91. The van der Waals surface area contributed by atoms with Crippen molar-refractivity contribution >= 4 is 35.8 Å². The van der Waals surface area contributed by atoms with Gasteiger partial charge in [-0.05, 0) is 54.7 Å². The zero-order valence-corrected chi connectivity index (χ0v) is 19.1. The van der Waals surface area contributed by atoms with Crippen molar-refractivity contribution in [3.8, 4) is 0 Å². The first-order valence-electron chi connectivity index (χ1n) is 9.32. The lowest BCUT2D eigenvalue weighted by Crippen LogP contribution is -2.50. The van der Waals surface area contributed by atoms with E-state index in [0.717, 1.165) is 11.8 Å². The first kappa shape index (κ1) is 27.1. The normalized spacial score (nSPS) is 14.1. The summed E-state index contributed by atoms with van der Waals surface area (Å²) in [6.45, 7) is 6.80. The minimum absolute atomic E-state index is 0.412. The number of halogens is 5. The molecule has 0 aliphatic carbocycles. The molecule has 0 aliphatic heterocycles. The average molecular weight is 477 g/mol. The molecule has 3 nitrogen and oxygen atoms in total. The maximum atomic E-state index is 12.7. The molecule has 0 aromatic heterocycles. The van der Waals surface area contributed by atoms with E-state index in [2.05, 4.69) is 0 Å². The molecule has 1 unspecified atom stereocenters. The van der Waals surface area contributed by atoms with Crippen molar-refractivity contribution < 1.29 is 27.9 Å². The van der Waals surface area contributed by atoms with E-state index in [4.69, 9.17) is 23.2 Å². The van der Waals surface area contributed by atoms with Crippen LogP contribution in [0.3, 0.4) is 0 Å². The highest BCUT2D eigenvalue weighted by Crippen LogP contribution is 2.40. The van der Waals surface area contributed by atoms with Gasteiger partial charge in [0.1, 0.15) is 6.29 Å². The van der Waals surface area contributed by atoms with Gasteiger partial charge in [-0.25, -0.2) is 0 Å². The van der Waals surface area contributed by atoms with Gasteiger partial charge < -0.3 is 9.90 Å². The highest BCUT2D eigenvalue weighted by atomic mass is 35.5. The molecule has 0 heterocycles. The summed E-state index contributed by atoms with van der Waals surface area (Å²) < 4.78 is 38.1. The average Bonchev–Trinajstić information content (AvgIpc) is 2.68. The van der Waals surface area contributed by atoms with Gasteiger partial charge in [0.05, 0.1) is 0 Å². The van der Waals surface area contributed by atoms with E-state index in [1.54, 1.807) is 36.4 Å². The third-order valence-corrected chi connectivity index (χ3v) is 5.41. The number of carbonyl (C=O) groups is 2. The molecule has 0 fully saturated rings. The van der Waals surface area contributed by atoms with E-state index in [1.807, 2.05) is 26.0 Å². The summed E-state index contributed by atoms with van der Waals surface area (Å²) in [6, 6.07) is 13.6. The van der Waals surface area contributed by atoms with Gasteiger partial charge in [-0.3, -0.25) is 4.79 Å². The summed E-state index contributed by atoms with van der Waals surface area (Å²) >= 11 is 11.4. The van der Waals surface area contributed by atoms with E-state index in [0.29, 0.717) is 15.6 Å². The van der Waals surface area contributed by atoms with Crippen molar-refractivity contribution in [2.75, 3.05) is 0 Å². The molecule has 0 saturated carbocycles. The van der Waals surface area contributed by atoms with Crippen LogP contribution in [0.5, 0.6) is 0 Å². The molecule has 0 bridgehead atoms. The van der Waals surface area contributed by atoms with Gasteiger partial charge in [-0.15, -0.1) is 0 Å². The molecule has 31 heavy (non-hydrogen) atoms. The van der Waals surface area contributed by atoms with Crippen LogP contribution in [0.1, 0.15) is 45.2 Å². The Morgan fingerprint density at radius 2 is 1.16 bits per heavy atom. The molecule has 2 aromatic carbocycles. The van der Waals surface area contributed by atoms with Crippen LogP contribution in [0.2, 0.25) is 10.0 Å². The number of rotatable bonds is 6. The van der Waals surface area contributed by atoms with Crippen LogP contribution < -0.4 is 0 Å². The quantitative estimate of drug-likeness (QED) is 0.496. The van der Waals surface area contributed by atoms with Gasteiger partial charge in [-0.2, -0.15) is 13.2 Å². The van der Waals surface area contributed by atoms with Crippen molar-refractivity contribution in [2.45, 2.75) is 56.7 Å². The molecule has 1 atom stereocenters. The second kappa shape index (κ2) is 10.2. The number of carbonyl (C=O) groups excluding carboxylic acids is 2. The minimum atomic E-state index is -5.00. The Bertz CT molecular complexity index is 876. The SMILES string of the molecule is CC(C)(C=O)c1ccc(Cl)cc1.CC(C)(CC(O)(C=O)C(F)(F)F)c1ccc(Cl)cc1. The van der Waals surface area contributed by atoms with Crippen molar-refractivity contribution in [1.82, 2.24) is 0 Å². The Kier molecular flexibility index (Phi) is 8.89. The highest BCUT2D eigenvalue weighted by molar-refractivity contribution is 6.30. The van der Waals surface area contributed by atoms with Gasteiger partial charge >= 0.3 is 6.18 Å². The van der Waals surface area contributed by atoms with Crippen molar-refractivity contribution in [3.05, 3.63) is 69.7 Å². The fourth-order valence-electron chi connectivity index (χ4n) is 2.83. The topological polar surface area (TPSA) is 54.4 Å². The molecule has 0 amide bonds. The highest BCUT2D eigenvalue weighted by Gasteiger charge is 2.56. The van der Waals surface area contributed by atoms with Gasteiger partial charge in [0.2, 0.25) is 5.60 Å². The molecule has 2 aromatic rings. The Hall–Kier alpha value is -1.89. The number of benzene rings is 2. The number of hydrogen-bond acceptors (Lipinski definition) is 3. The smallest absolute Gasteiger partial charge is 0.374 e. The zero-order chi connectivity index (χ0) is 24.1. The molecule has 0 aliphatic rings. The predicted molar refractivity (Wildman–Crippen MR) is 117 cm³/mol. The van der Waals surface area contributed by atoms with E-state index in [9.17, 15) is 27.9 Å². The summed E-state index contributed by atoms with van der Waals surface area (Å²) in [4.78, 5) is 21.3. The Morgan fingerprint density at radius 1 is 0.774 bits per heavy atom. The van der Waals surface area contributed by atoms with Crippen molar-refractivity contribution in [2.24, 2.45) is 0 Å². The minimum Gasteiger partial charge on any atom is -0.374 e. The maximum Gasteiger partial charge on any atom is 0.424 e. The summed E-state index contributed by atoms with van der Waals surface area (Å²) in [6.07, 6.45) is -5.27. The second-order valence-corrected chi connectivity index (χ2v) is 9.33. The molecule has 0 radical (unpaired) electrons. The molecule has 2 rings (SSSR count). The molecule has 8 heteroatoms. The van der Waals surface area contributed by atoms with Crippen LogP contribution >= 0.6 is 23.2 Å². The number of aldehydes is 2. The molecule has 170 valence electrons. The van der Waals surface area contributed by atoms with E-state index >= 15 is 0 Å². The monoisotopic (exact) mass is 476 g/mol. The Morgan fingerprint density at radius 3 is 1.48 bits per heavy atom. The van der Waals surface area contributed by atoms with Gasteiger partial charge in [0, 0.05) is 21.9 Å². The van der Waals surface area contributed by atoms with Crippen LogP contribution in [0.15, 0.2) is 48.5 Å². The Balaban J connectivity index is 0.000000343. The summed E-state index contributed by atoms with van der Waals surface area (Å²) in [7, 11) is 0. The molecular formula is C23H25Cl2F3O3. The standard InChI is InChI=1S/C13H14ClF3O2.C10H11ClO/c1-11(2,9-3-5-10(14)6-4-9)7-12(19,8-18)13(15,16)17;1-10(2,7-12)8-3-5-9(11)6-4-8/h3-6,8,19H,7H2,1-2H3;3-7H,1-2H3. The number of alkyl halides is 3. The van der Waals surface area contributed by atoms with E-state index in [1.165, 1.54) is 13.8 Å². The fourth-order valence-corrected chi connectivity index (χ4v) is 3.09. The van der Waals surface area contributed by atoms with Gasteiger partial charge in [-0.1, -0.05) is 61.3 Å². The van der Waals surface area contributed by atoms with Crippen LogP contribution in [0, 0.1) is 0 Å². The van der Waals surface area contributed by atoms with Gasteiger partial charge in [0.15, 0.2) is 6.29 Å². The Labute approximate surface area is 190 Å². The summed E-state index contributed by atoms with van der Waals surface area (Å²) in [5, 5.41) is 10.6. The molecule has 0 spiro atoms. The first-order chi connectivity index (χ1) is 14.1. The third kappa shape index (κ3) is 7.34. The van der Waals surface area contributed by atoms with Crippen molar-refractivity contribution in [3.63, 3.8) is 0 Å². The van der Waals surface area contributed by atoms with Crippen LogP contribution in [-0.4, -0.2) is 29.5 Å². The fraction of sp³-hybridized carbons (Fsp3) is 0.391. The first-order valence-corrected chi connectivity index (χ1v) is 10.1. The van der Waals surface area contributed by atoms with Crippen molar-refractivity contribution in [1.29, 1.82) is 0 Å². The van der Waals surface area contributed by atoms with Crippen LogP contribution in [0.4, 0.5) is 13.2 Å². The molecular weight excluding hydrogens is 452 g/mol. The van der Waals surface area contributed by atoms with Crippen LogP contribution in [-0.2, 0) is 20.4 Å². The lowest BCUT2D eigenvalue weighted by Gasteiger charge is -2.34. The lowest BCUT2D eigenvalue weighted by molar-refractivity contribution is -0.250. The lowest BCUT2D eigenvalue weighted by atomic mass is 9.75. The number of aliphatic hydroxyl groups is 1. The summed E-state index contributed by atoms with van der Waals surface area (Å²) in [5.41, 5.74) is -3.25. The van der Waals surface area contributed by atoms with E-state index < -0.39 is 35.3 Å². The second-order valence-electron chi connectivity index (χ2n) is 8.45.